The van der Waals surface area contributed by atoms with Gasteiger partial charge in [0.05, 0.1) is 24.8 Å². The number of carbonyl (C=O) groups is 1. The zero-order valence-electron chi connectivity index (χ0n) is 30.9. The number of unbranched alkanes of at least 4 members (excludes halogenated alkanes) is 2. The lowest BCUT2D eigenvalue weighted by Gasteiger charge is -2.33. The van der Waals surface area contributed by atoms with E-state index in [1.807, 2.05) is 31.2 Å². The molecule has 1 fully saturated rings. The highest BCUT2D eigenvalue weighted by Gasteiger charge is 2.42. The van der Waals surface area contributed by atoms with Crippen molar-refractivity contribution < 1.29 is 29.6 Å². The Balaban J connectivity index is 0.974. The number of rotatable bonds is 17. The predicted molar refractivity (Wildman–Crippen MR) is 209 cm³/mol. The fourth-order valence-electron chi connectivity index (χ4n) is 7.08. The molecule has 5 aromatic rings. The number of ether oxygens (including phenoxy) is 2. The third-order valence-corrected chi connectivity index (χ3v) is 10.3. The molecule has 6 rings (SSSR count). The number of hydrogen-bond donors (Lipinski definition) is 5. The monoisotopic (exact) mass is 733 g/mol. The number of carbonyl (C=O) groups excluding carboxylic acids is 1. The second-order valence-corrected chi connectivity index (χ2v) is 14.3. The number of piperidine rings is 1. The summed E-state index contributed by atoms with van der Waals surface area (Å²) >= 11 is 0. The zero-order valence-corrected chi connectivity index (χ0v) is 30.9. The molecule has 0 amide bonds. The lowest BCUT2D eigenvalue weighted by molar-refractivity contribution is -0.164. The first-order chi connectivity index (χ1) is 26.2. The van der Waals surface area contributed by atoms with Crippen LogP contribution in [0.5, 0.6) is 11.5 Å². The van der Waals surface area contributed by atoms with Crippen LogP contribution in [-0.2, 0) is 21.7 Å². The summed E-state index contributed by atoms with van der Waals surface area (Å²) in [6, 6.07) is 30.9. The summed E-state index contributed by atoms with van der Waals surface area (Å²) in [5, 5.41) is 36.9. The van der Waals surface area contributed by atoms with Crippen molar-refractivity contribution >= 4 is 16.9 Å². The van der Waals surface area contributed by atoms with Crippen molar-refractivity contribution in [2.45, 2.75) is 57.3 Å². The van der Waals surface area contributed by atoms with Crippen LogP contribution >= 0.6 is 0 Å². The number of likely N-dealkylation sites (tertiary alicyclic amines) is 1. The second-order valence-electron chi connectivity index (χ2n) is 14.3. The highest BCUT2D eigenvalue weighted by Crippen LogP contribution is 2.34. The minimum Gasteiger partial charge on any atom is -0.506 e. The number of aliphatic hydroxyl groups excluding tert-OH is 1. The molecule has 284 valence electrons. The fraction of sp³-hybridized carbons (Fsp3) is 0.364. The van der Waals surface area contributed by atoms with Crippen molar-refractivity contribution in [3.8, 4) is 11.5 Å². The van der Waals surface area contributed by atoms with Gasteiger partial charge in [-0.15, -0.1) is 0 Å². The van der Waals surface area contributed by atoms with Crippen molar-refractivity contribution in [1.29, 1.82) is 0 Å². The highest BCUT2D eigenvalue weighted by atomic mass is 16.5. The summed E-state index contributed by atoms with van der Waals surface area (Å²) in [6.45, 7) is 6.47. The van der Waals surface area contributed by atoms with Crippen molar-refractivity contribution in [1.82, 2.24) is 15.2 Å². The van der Waals surface area contributed by atoms with E-state index >= 15 is 0 Å². The Morgan fingerprint density at radius 1 is 0.926 bits per heavy atom. The molecule has 1 aliphatic heterocycles. The van der Waals surface area contributed by atoms with Gasteiger partial charge in [-0.3, -0.25) is 9.69 Å². The Hall–Kier alpha value is -5.00. The number of benzene rings is 4. The SMILES string of the molecule is Cc1ccc(C(O)(C(=O)OCC2CCN(Cc3ccccc3)CC2)c2cccc(OCCCCCNCC(O)c3ccc(O)c4[nH]c(=O)ccc34)c2)cc1. The molecular weight excluding hydrogens is 682 g/mol. The molecule has 54 heavy (non-hydrogen) atoms. The third-order valence-electron chi connectivity index (χ3n) is 10.3. The number of pyridine rings is 1. The standard InChI is InChI=1S/C44H51N3O7/c1-31-13-15-34(16-14-31)44(52,43(51)54-30-33-21-24-47(25-22-33)29-32-9-4-2-5-10-32)35-11-8-12-36(27-35)53-26-7-3-6-23-45-28-40(49)37-17-19-39(48)42-38(37)18-20-41(50)46-42/h2,4-5,8-20,27,33,40,45,48-49,52H,3,6-7,21-26,28-30H2,1H3,(H,46,50). The fourth-order valence-corrected chi connectivity index (χ4v) is 7.08. The Morgan fingerprint density at radius 2 is 1.70 bits per heavy atom. The van der Waals surface area contributed by atoms with E-state index in [2.05, 4.69) is 39.5 Å². The van der Waals surface area contributed by atoms with Crippen LogP contribution in [-0.4, -0.2) is 70.6 Å². The summed E-state index contributed by atoms with van der Waals surface area (Å²) in [5.41, 5.74) is 1.76. The van der Waals surface area contributed by atoms with Crippen LogP contribution in [0, 0.1) is 12.8 Å². The predicted octanol–water partition coefficient (Wildman–Crippen LogP) is 6.11. The first-order valence-corrected chi connectivity index (χ1v) is 18.9. The van der Waals surface area contributed by atoms with Crippen LogP contribution in [0.2, 0.25) is 0 Å². The normalized spacial score (nSPS) is 15.5. The van der Waals surface area contributed by atoms with Crippen molar-refractivity contribution in [3.05, 3.63) is 141 Å². The molecule has 2 atom stereocenters. The number of aryl methyl sites for hydroxylation is 1. The van der Waals surface area contributed by atoms with Crippen LogP contribution in [0.15, 0.2) is 108 Å². The topological polar surface area (TPSA) is 144 Å². The number of aromatic amines is 1. The van der Waals surface area contributed by atoms with Gasteiger partial charge in [-0.25, -0.2) is 4.79 Å². The van der Waals surface area contributed by atoms with Gasteiger partial charge in [-0.1, -0.05) is 78.4 Å². The molecule has 10 nitrogen and oxygen atoms in total. The third kappa shape index (κ3) is 9.75. The minimum absolute atomic E-state index is 0.0399. The summed E-state index contributed by atoms with van der Waals surface area (Å²) in [4.78, 5) is 30.6. The average molecular weight is 734 g/mol. The molecule has 2 heterocycles. The Labute approximate surface area is 316 Å². The van der Waals surface area contributed by atoms with E-state index in [1.54, 1.807) is 42.5 Å². The summed E-state index contributed by atoms with van der Waals surface area (Å²) in [6.07, 6.45) is 3.58. The van der Waals surface area contributed by atoms with Gasteiger partial charge in [0.15, 0.2) is 0 Å². The van der Waals surface area contributed by atoms with E-state index in [-0.39, 0.29) is 23.8 Å². The van der Waals surface area contributed by atoms with Crippen LogP contribution < -0.4 is 15.6 Å². The number of aromatic nitrogens is 1. The number of nitrogens with zero attached hydrogens (tertiary/aromatic N) is 1. The smallest absolute Gasteiger partial charge is 0.347 e. The van der Waals surface area contributed by atoms with Gasteiger partial charge in [-0.2, -0.15) is 0 Å². The van der Waals surface area contributed by atoms with Crippen LogP contribution in [0.3, 0.4) is 0 Å². The van der Waals surface area contributed by atoms with Crippen molar-refractivity contribution in [2.75, 3.05) is 39.4 Å². The highest BCUT2D eigenvalue weighted by molar-refractivity contribution is 5.87. The Kier molecular flexibility index (Phi) is 13.2. The molecule has 0 spiro atoms. The molecule has 10 heteroatoms. The molecule has 0 radical (unpaired) electrons. The lowest BCUT2D eigenvalue weighted by atomic mass is 9.85. The minimum atomic E-state index is -2.00. The van der Waals surface area contributed by atoms with Gasteiger partial charge in [0.1, 0.15) is 11.5 Å². The molecule has 0 saturated carbocycles. The largest absolute Gasteiger partial charge is 0.506 e. The maximum Gasteiger partial charge on any atom is 0.347 e. The lowest BCUT2D eigenvalue weighted by Crippen LogP contribution is -2.40. The number of aliphatic hydroxyl groups is 2. The molecule has 1 saturated heterocycles. The van der Waals surface area contributed by atoms with E-state index in [0.29, 0.717) is 53.0 Å². The van der Waals surface area contributed by atoms with E-state index in [4.69, 9.17) is 9.47 Å². The van der Waals surface area contributed by atoms with E-state index < -0.39 is 17.7 Å². The number of hydrogen-bond acceptors (Lipinski definition) is 9. The van der Waals surface area contributed by atoms with Crippen molar-refractivity contribution in [3.63, 3.8) is 0 Å². The van der Waals surface area contributed by atoms with Crippen molar-refractivity contribution in [2.24, 2.45) is 5.92 Å². The number of nitrogens with one attached hydrogen (secondary N) is 2. The maximum absolute atomic E-state index is 13.8. The molecule has 1 aromatic heterocycles. The molecule has 1 aliphatic rings. The zero-order chi connectivity index (χ0) is 37.9. The Morgan fingerprint density at radius 3 is 2.48 bits per heavy atom. The maximum atomic E-state index is 13.8. The number of fused-ring (bicyclic) bond motifs is 1. The Bertz CT molecular complexity index is 2030. The van der Waals surface area contributed by atoms with Gasteiger partial charge in [-0.05, 0) is 106 Å². The second kappa shape index (κ2) is 18.4. The summed E-state index contributed by atoms with van der Waals surface area (Å²) < 4.78 is 12.0. The summed E-state index contributed by atoms with van der Waals surface area (Å²) in [5.74, 6) is 0.0503. The quantitative estimate of drug-likeness (QED) is 0.0565. The molecule has 4 aromatic carbocycles. The van der Waals surface area contributed by atoms with Crippen LogP contribution in [0.25, 0.3) is 10.9 Å². The van der Waals surface area contributed by atoms with Gasteiger partial charge in [0.25, 0.3) is 0 Å². The molecule has 2 unspecified atom stereocenters. The number of phenolic OH excluding ortho intramolecular Hbond substituents is 1. The number of phenols is 1. The van der Waals surface area contributed by atoms with E-state index in [1.165, 1.54) is 17.7 Å². The van der Waals surface area contributed by atoms with Gasteiger partial charge < -0.3 is 35.1 Å². The molecule has 0 aliphatic carbocycles. The molecule has 0 bridgehead atoms. The van der Waals surface area contributed by atoms with Crippen LogP contribution in [0.4, 0.5) is 0 Å². The number of aromatic hydroxyl groups is 1. The van der Waals surface area contributed by atoms with E-state index in [0.717, 1.165) is 57.3 Å². The molecular formula is C44H51N3O7. The van der Waals surface area contributed by atoms with E-state index in [9.17, 15) is 24.9 Å². The first-order valence-electron chi connectivity index (χ1n) is 18.9. The van der Waals surface area contributed by atoms with Gasteiger partial charge >= 0.3 is 5.97 Å². The molecule has 5 N–H and O–H groups in total. The first kappa shape index (κ1) is 38.7. The van der Waals surface area contributed by atoms with Gasteiger partial charge in [0.2, 0.25) is 11.2 Å². The van der Waals surface area contributed by atoms with Gasteiger partial charge in [0, 0.05) is 30.1 Å². The van der Waals surface area contributed by atoms with Crippen LogP contribution in [0.1, 0.15) is 66.0 Å². The average Bonchev–Trinajstić information content (AvgIpc) is 3.19. The number of esters is 1. The summed E-state index contributed by atoms with van der Waals surface area (Å²) in [7, 11) is 0. The number of H-pyrrole nitrogens is 1.